The zero-order valence-electron chi connectivity index (χ0n) is 30.2. The summed E-state index contributed by atoms with van der Waals surface area (Å²) in [7, 11) is 1.43. The Balaban J connectivity index is 1.86. The predicted molar refractivity (Wildman–Crippen MR) is 191 cm³/mol. The van der Waals surface area contributed by atoms with E-state index >= 15 is 0 Å². The highest BCUT2D eigenvalue weighted by Gasteiger charge is 2.52. The lowest BCUT2D eigenvalue weighted by Crippen LogP contribution is -2.46. The molecule has 5 bridgehead atoms. The molecule has 3 aliphatic heterocycles. The molecular formula is C38H46BrNO11. The summed E-state index contributed by atoms with van der Waals surface area (Å²) in [6.07, 6.45) is 4.10. The second-order valence-electron chi connectivity index (χ2n) is 13.6. The van der Waals surface area contributed by atoms with Crippen molar-refractivity contribution < 1.29 is 53.4 Å². The third-order valence-corrected chi connectivity index (χ3v) is 10.8. The molecule has 12 nitrogen and oxygen atoms in total. The van der Waals surface area contributed by atoms with Gasteiger partial charge in [-0.25, -0.2) is 0 Å². The van der Waals surface area contributed by atoms with Gasteiger partial charge < -0.3 is 39.6 Å². The predicted octanol–water partition coefficient (Wildman–Crippen LogP) is 5.34. The number of phenolic OH excluding ortho intramolecular Hbond substituents is 1. The zero-order valence-corrected chi connectivity index (χ0v) is 31.8. The number of allylic oxidation sites excluding steroid dienone is 5. The number of benzene rings is 1. The molecule has 3 heterocycles. The number of aliphatic hydroxyl groups is 2. The van der Waals surface area contributed by atoms with Crippen LogP contribution < -0.4 is 10.1 Å². The molecule has 0 fully saturated rings. The van der Waals surface area contributed by atoms with Crippen molar-refractivity contribution >= 4 is 39.2 Å². The average molecular weight is 773 g/mol. The van der Waals surface area contributed by atoms with Crippen molar-refractivity contribution in [2.24, 2.45) is 23.7 Å². The van der Waals surface area contributed by atoms with Crippen LogP contribution in [0.1, 0.15) is 85.1 Å². The van der Waals surface area contributed by atoms with E-state index in [0.717, 1.165) is 0 Å². The van der Waals surface area contributed by atoms with Crippen LogP contribution in [0.25, 0.3) is 0 Å². The summed E-state index contributed by atoms with van der Waals surface area (Å²) in [5.74, 6) is -7.75. The molecule has 13 heteroatoms. The van der Waals surface area contributed by atoms with Gasteiger partial charge in [-0.05, 0) is 41.4 Å². The molecule has 0 saturated carbocycles. The fourth-order valence-corrected chi connectivity index (χ4v) is 7.19. The van der Waals surface area contributed by atoms with Gasteiger partial charge in [-0.1, -0.05) is 52.5 Å². The molecule has 5 rings (SSSR count). The number of aliphatic hydroxyl groups excluding tert-OH is 2. The number of esters is 1. The van der Waals surface area contributed by atoms with E-state index in [2.05, 4.69) is 27.8 Å². The SMILES string of the molecule is C=C1NC2=C(Br)C(=O)c3c(c(O)c(C)c4c3C(=O)[C@@](C)(O/C=C/[C@H](OC)[C@@H](C)[C@@H](OC(C)=O)[C@H](C)[C@H](O)[C@H](C)[C@@H](O)[C@@H](C)/C=C/C=C1C)O4)C2=O. The molecule has 0 spiro atoms. The number of phenols is 1. The number of methoxy groups -OCH3 is 1. The van der Waals surface area contributed by atoms with E-state index in [1.165, 1.54) is 40.2 Å². The number of carbonyl (C=O) groups is 4. The number of halogens is 1. The van der Waals surface area contributed by atoms with Crippen LogP contribution in [0.4, 0.5) is 0 Å². The molecule has 0 unspecified atom stereocenters. The lowest BCUT2D eigenvalue weighted by molar-refractivity contribution is -0.160. The molecule has 0 amide bonds. The van der Waals surface area contributed by atoms with Crippen molar-refractivity contribution in [3.05, 3.63) is 80.8 Å². The van der Waals surface area contributed by atoms with Crippen LogP contribution in [0, 0.1) is 30.6 Å². The van der Waals surface area contributed by atoms with E-state index in [-0.39, 0.29) is 43.9 Å². The summed E-state index contributed by atoms with van der Waals surface area (Å²) in [5.41, 5.74) is -0.175. The zero-order chi connectivity index (χ0) is 38.3. The molecule has 51 heavy (non-hydrogen) atoms. The van der Waals surface area contributed by atoms with Crippen LogP contribution in [0.2, 0.25) is 0 Å². The third kappa shape index (κ3) is 7.35. The van der Waals surface area contributed by atoms with Gasteiger partial charge in [-0.3, -0.25) is 19.2 Å². The number of carbonyl (C=O) groups excluding carboxylic acids is 4. The molecule has 276 valence electrons. The number of hydrogen-bond donors (Lipinski definition) is 4. The highest BCUT2D eigenvalue weighted by atomic mass is 79.9. The van der Waals surface area contributed by atoms with Crippen molar-refractivity contribution in [3.63, 3.8) is 0 Å². The molecule has 0 radical (unpaired) electrons. The second-order valence-corrected chi connectivity index (χ2v) is 14.4. The number of fused-ring (bicyclic) bond motifs is 14. The molecular weight excluding hydrogens is 726 g/mol. The fraction of sp³-hybridized carbons (Fsp3) is 0.474. The number of Topliss-reactive ketones (excluding diaryl/α,β-unsaturated/α-hetero) is 3. The van der Waals surface area contributed by atoms with Crippen LogP contribution in [0.3, 0.4) is 0 Å². The standard InChI is InChI=1S/C38H46BrNO11/c1-16-12-11-13-17(2)30(42)19(4)31(43)20(5)35(50-23(8)41)18(3)24(48-10)14-15-49-38(9)37(47)27-25-26(32(44)21(6)36(27)51-38)34(46)29(40-22(16)7)28(39)33(25)45/h11-15,17-20,24,30-31,35,40,42-44H,7H2,1-6,8-10H3/b13-11+,15-14+,16-12?/t17-,18+,19+,20+,24-,30-,31+,35+,38-/m0/s1. The van der Waals surface area contributed by atoms with Gasteiger partial charge in [0, 0.05) is 55.9 Å². The second kappa shape index (κ2) is 15.3. The Morgan fingerprint density at radius 2 is 1.63 bits per heavy atom. The Morgan fingerprint density at radius 3 is 2.24 bits per heavy atom. The minimum absolute atomic E-state index is 0.0585. The first-order valence-corrected chi connectivity index (χ1v) is 17.4. The first-order chi connectivity index (χ1) is 23.8. The lowest BCUT2D eigenvalue weighted by Gasteiger charge is -2.38. The van der Waals surface area contributed by atoms with Gasteiger partial charge in [0.15, 0.2) is 0 Å². The maximum atomic E-state index is 14.0. The molecule has 9 atom stereocenters. The van der Waals surface area contributed by atoms with E-state index in [4.69, 9.17) is 18.9 Å². The largest absolute Gasteiger partial charge is 0.507 e. The highest BCUT2D eigenvalue weighted by molar-refractivity contribution is 9.12. The Hall–Kier alpha value is -4.04. The number of nitrogens with one attached hydrogen (secondary N) is 1. The normalized spacial score (nSPS) is 33.2. The van der Waals surface area contributed by atoms with Gasteiger partial charge >= 0.3 is 11.8 Å². The Labute approximate surface area is 306 Å². The number of hydrogen-bond acceptors (Lipinski definition) is 12. The fourth-order valence-electron chi connectivity index (χ4n) is 6.72. The van der Waals surface area contributed by atoms with E-state index in [9.17, 15) is 34.5 Å². The quantitative estimate of drug-likeness (QED) is 0.284. The Morgan fingerprint density at radius 1 is 0.980 bits per heavy atom. The Bertz CT molecular complexity index is 1770. The number of ketones is 3. The van der Waals surface area contributed by atoms with Crippen LogP contribution in [-0.4, -0.2) is 76.0 Å². The van der Waals surface area contributed by atoms with Gasteiger partial charge in [-0.2, -0.15) is 0 Å². The maximum Gasteiger partial charge on any atom is 0.312 e. The summed E-state index contributed by atoms with van der Waals surface area (Å²) in [4.78, 5) is 54.0. The molecule has 1 aromatic carbocycles. The number of ether oxygens (including phenoxy) is 4. The molecule has 1 aliphatic carbocycles. The van der Waals surface area contributed by atoms with Crippen molar-refractivity contribution in [2.75, 3.05) is 7.11 Å². The van der Waals surface area contributed by atoms with Gasteiger partial charge in [0.05, 0.1) is 45.7 Å². The minimum atomic E-state index is -2.01. The maximum absolute atomic E-state index is 14.0. The van der Waals surface area contributed by atoms with Crippen molar-refractivity contribution in [1.82, 2.24) is 5.32 Å². The molecule has 1 aromatic rings. The molecule has 4 aliphatic rings. The van der Waals surface area contributed by atoms with E-state index in [1.54, 1.807) is 52.8 Å². The summed E-state index contributed by atoms with van der Waals surface area (Å²) < 4.78 is 23.1. The van der Waals surface area contributed by atoms with Gasteiger partial charge in [0.1, 0.15) is 23.3 Å². The molecule has 0 aromatic heterocycles. The topological polar surface area (TPSA) is 178 Å². The lowest BCUT2D eigenvalue weighted by atomic mass is 9.78. The number of aromatic hydroxyl groups is 1. The Kier molecular flexibility index (Phi) is 11.9. The van der Waals surface area contributed by atoms with Crippen molar-refractivity contribution in [1.29, 1.82) is 0 Å². The van der Waals surface area contributed by atoms with E-state index in [0.29, 0.717) is 5.57 Å². The molecule has 0 saturated heterocycles. The number of rotatable bonds is 2. The average Bonchev–Trinajstić information content (AvgIpc) is 3.35. The van der Waals surface area contributed by atoms with E-state index < -0.39 is 82.9 Å². The monoisotopic (exact) mass is 771 g/mol. The summed E-state index contributed by atoms with van der Waals surface area (Å²) in [6, 6.07) is 0. The van der Waals surface area contributed by atoms with Crippen molar-refractivity contribution in [3.8, 4) is 11.5 Å². The van der Waals surface area contributed by atoms with E-state index in [1.807, 2.05) is 0 Å². The van der Waals surface area contributed by atoms with Gasteiger partial charge in [0.2, 0.25) is 11.6 Å². The van der Waals surface area contributed by atoms with Crippen LogP contribution >= 0.6 is 15.9 Å². The molecule has 4 N–H and O–H groups in total. The van der Waals surface area contributed by atoms with Gasteiger partial charge in [-0.15, -0.1) is 0 Å². The highest BCUT2D eigenvalue weighted by Crippen LogP contribution is 2.49. The summed E-state index contributed by atoms with van der Waals surface area (Å²) in [5, 5.41) is 36.8. The van der Waals surface area contributed by atoms with Crippen LogP contribution in [-0.2, 0) is 19.0 Å². The summed E-state index contributed by atoms with van der Waals surface area (Å²) in [6.45, 7) is 16.8. The smallest absolute Gasteiger partial charge is 0.312 e. The first-order valence-electron chi connectivity index (χ1n) is 16.6. The van der Waals surface area contributed by atoms with Crippen molar-refractivity contribution in [2.45, 2.75) is 85.6 Å². The summed E-state index contributed by atoms with van der Waals surface area (Å²) >= 11 is 3.23. The van der Waals surface area contributed by atoms with Gasteiger partial charge in [0.25, 0.3) is 5.78 Å². The van der Waals surface area contributed by atoms with Crippen LogP contribution in [0.5, 0.6) is 11.5 Å². The minimum Gasteiger partial charge on any atom is -0.507 e. The first kappa shape index (κ1) is 39.7. The van der Waals surface area contributed by atoms with Crippen LogP contribution in [0.15, 0.2) is 58.6 Å². The third-order valence-electron chi connectivity index (χ3n) is 10.1.